The van der Waals surface area contributed by atoms with Crippen LogP contribution in [0.2, 0.25) is 0 Å². The fourth-order valence-corrected chi connectivity index (χ4v) is 1.68. The normalized spacial score (nSPS) is 25.4. The standard InChI is InChI=1S/C11H10O4/c1-11(6-9(13)15-10(11)14)7-3-2-4-8(12)5-7/h2-5,12H,6H2,1H3. The smallest absolute Gasteiger partial charge is 0.324 e. The van der Waals surface area contributed by atoms with E-state index < -0.39 is 17.4 Å². The van der Waals surface area contributed by atoms with Gasteiger partial charge in [0.1, 0.15) is 11.2 Å². The third-order valence-corrected chi connectivity index (χ3v) is 2.64. The molecule has 0 aromatic heterocycles. The number of carbonyl (C=O) groups is 2. The summed E-state index contributed by atoms with van der Waals surface area (Å²) in [6.07, 6.45) is 0.0231. The second-order valence-corrected chi connectivity index (χ2v) is 3.82. The van der Waals surface area contributed by atoms with Crippen LogP contribution in [-0.2, 0) is 19.7 Å². The summed E-state index contributed by atoms with van der Waals surface area (Å²) in [5, 5.41) is 9.30. The van der Waals surface area contributed by atoms with E-state index in [1.807, 2.05) is 0 Å². The summed E-state index contributed by atoms with van der Waals surface area (Å²) in [5.41, 5.74) is -0.367. The van der Waals surface area contributed by atoms with Crippen LogP contribution in [-0.4, -0.2) is 17.0 Å². The molecule has 1 aromatic rings. The van der Waals surface area contributed by atoms with E-state index in [4.69, 9.17) is 0 Å². The van der Waals surface area contributed by atoms with Crippen LogP contribution < -0.4 is 0 Å². The van der Waals surface area contributed by atoms with Crippen molar-refractivity contribution in [2.75, 3.05) is 0 Å². The van der Waals surface area contributed by atoms with Crippen molar-refractivity contribution in [3.63, 3.8) is 0 Å². The Hall–Kier alpha value is -1.84. The van der Waals surface area contributed by atoms with Gasteiger partial charge in [-0.25, -0.2) is 0 Å². The van der Waals surface area contributed by atoms with E-state index in [0.717, 1.165) is 0 Å². The van der Waals surface area contributed by atoms with E-state index in [1.54, 1.807) is 19.1 Å². The zero-order chi connectivity index (χ0) is 11.1. The fraction of sp³-hybridized carbons (Fsp3) is 0.273. The van der Waals surface area contributed by atoms with Gasteiger partial charge in [-0.2, -0.15) is 0 Å². The van der Waals surface area contributed by atoms with Crippen LogP contribution in [0, 0.1) is 0 Å². The van der Waals surface area contributed by atoms with Gasteiger partial charge < -0.3 is 9.84 Å². The average molecular weight is 206 g/mol. The molecule has 1 aromatic carbocycles. The predicted octanol–water partition coefficient (Wildman–Crippen LogP) is 1.12. The molecule has 1 fully saturated rings. The minimum Gasteiger partial charge on any atom is -0.508 e. The van der Waals surface area contributed by atoms with Crippen molar-refractivity contribution in [2.24, 2.45) is 0 Å². The fourth-order valence-electron chi connectivity index (χ4n) is 1.68. The minimum atomic E-state index is -0.962. The first-order chi connectivity index (χ1) is 7.02. The molecule has 0 amide bonds. The molecule has 15 heavy (non-hydrogen) atoms. The molecule has 1 saturated heterocycles. The molecule has 0 spiro atoms. The summed E-state index contributed by atoms with van der Waals surface area (Å²) in [7, 11) is 0. The first-order valence-electron chi connectivity index (χ1n) is 4.57. The van der Waals surface area contributed by atoms with Gasteiger partial charge in [0.2, 0.25) is 0 Å². The Morgan fingerprint density at radius 1 is 1.40 bits per heavy atom. The summed E-state index contributed by atoms with van der Waals surface area (Å²) in [6.45, 7) is 1.63. The van der Waals surface area contributed by atoms with Crippen molar-refractivity contribution >= 4 is 11.9 Å². The monoisotopic (exact) mass is 206 g/mol. The maximum absolute atomic E-state index is 11.5. The number of hydrogen-bond acceptors (Lipinski definition) is 4. The van der Waals surface area contributed by atoms with E-state index in [0.29, 0.717) is 5.56 Å². The number of rotatable bonds is 1. The van der Waals surface area contributed by atoms with Gasteiger partial charge >= 0.3 is 11.9 Å². The summed E-state index contributed by atoms with van der Waals surface area (Å²) < 4.78 is 4.51. The number of benzene rings is 1. The van der Waals surface area contributed by atoms with Gasteiger partial charge in [-0.1, -0.05) is 12.1 Å². The van der Waals surface area contributed by atoms with Crippen molar-refractivity contribution in [1.82, 2.24) is 0 Å². The Labute approximate surface area is 86.5 Å². The summed E-state index contributed by atoms with van der Waals surface area (Å²) in [5.74, 6) is -1.01. The minimum absolute atomic E-state index is 0.0231. The third-order valence-electron chi connectivity index (χ3n) is 2.64. The molecular formula is C11H10O4. The SMILES string of the molecule is CC1(c2cccc(O)c2)CC(=O)OC1=O. The molecule has 1 aliphatic rings. The molecular weight excluding hydrogens is 196 g/mol. The molecule has 0 bridgehead atoms. The molecule has 4 heteroatoms. The Morgan fingerprint density at radius 3 is 2.67 bits per heavy atom. The predicted molar refractivity (Wildman–Crippen MR) is 51.2 cm³/mol. The molecule has 0 radical (unpaired) electrons. The maximum atomic E-state index is 11.5. The number of carbonyl (C=O) groups excluding carboxylic acids is 2. The quantitative estimate of drug-likeness (QED) is 0.552. The van der Waals surface area contributed by atoms with Crippen LogP contribution >= 0.6 is 0 Å². The zero-order valence-corrected chi connectivity index (χ0v) is 8.19. The van der Waals surface area contributed by atoms with Crippen LogP contribution in [0.25, 0.3) is 0 Å². The molecule has 0 saturated carbocycles. The number of aromatic hydroxyl groups is 1. The number of phenolic OH excluding ortho intramolecular Hbond substituents is 1. The topological polar surface area (TPSA) is 63.6 Å². The van der Waals surface area contributed by atoms with Crippen LogP contribution in [0.5, 0.6) is 5.75 Å². The average Bonchev–Trinajstić information content (AvgIpc) is 2.42. The van der Waals surface area contributed by atoms with Crippen molar-refractivity contribution in [2.45, 2.75) is 18.8 Å². The van der Waals surface area contributed by atoms with Crippen LogP contribution in [0.1, 0.15) is 18.9 Å². The van der Waals surface area contributed by atoms with Gasteiger partial charge in [-0.05, 0) is 24.6 Å². The molecule has 1 unspecified atom stereocenters. The highest BCUT2D eigenvalue weighted by atomic mass is 16.6. The van der Waals surface area contributed by atoms with E-state index >= 15 is 0 Å². The summed E-state index contributed by atoms with van der Waals surface area (Å²) in [6, 6.07) is 6.31. The van der Waals surface area contributed by atoms with Gasteiger partial charge in [0, 0.05) is 0 Å². The highest BCUT2D eigenvalue weighted by Crippen LogP contribution is 2.35. The Kier molecular flexibility index (Phi) is 2.00. The van der Waals surface area contributed by atoms with E-state index in [-0.39, 0.29) is 12.2 Å². The van der Waals surface area contributed by atoms with Crippen LogP contribution in [0.4, 0.5) is 0 Å². The second kappa shape index (κ2) is 3.08. The van der Waals surface area contributed by atoms with Crippen molar-refractivity contribution in [1.29, 1.82) is 0 Å². The Morgan fingerprint density at radius 2 is 2.13 bits per heavy atom. The molecule has 2 rings (SSSR count). The molecule has 1 atom stereocenters. The van der Waals surface area contributed by atoms with E-state index in [2.05, 4.69) is 4.74 Å². The van der Waals surface area contributed by atoms with Gasteiger partial charge in [-0.15, -0.1) is 0 Å². The van der Waals surface area contributed by atoms with E-state index in [1.165, 1.54) is 12.1 Å². The molecule has 1 N–H and O–H groups in total. The number of phenols is 1. The first kappa shape index (κ1) is 9.71. The van der Waals surface area contributed by atoms with Crippen molar-refractivity contribution in [3.8, 4) is 5.75 Å². The highest BCUT2D eigenvalue weighted by Gasteiger charge is 2.46. The number of cyclic esters (lactones) is 2. The molecule has 78 valence electrons. The maximum Gasteiger partial charge on any atom is 0.324 e. The summed E-state index contributed by atoms with van der Waals surface area (Å²) >= 11 is 0. The van der Waals surface area contributed by atoms with Crippen LogP contribution in [0.15, 0.2) is 24.3 Å². The largest absolute Gasteiger partial charge is 0.508 e. The number of esters is 2. The lowest BCUT2D eigenvalue weighted by molar-refractivity contribution is -0.153. The lowest BCUT2D eigenvalue weighted by Gasteiger charge is -2.18. The first-order valence-corrected chi connectivity index (χ1v) is 4.57. The Balaban J connectivity index is 2.46. The number of ether oxygens (including phenoxy) is 1. The molecule has 1 heterocycles. The molecule has 1 aliphatic heterocycles. The molecule has 4 nitrogen and oxygen atoms in total. The highest BCUT2D eigenvalue weighted by molar-refractivity contribution is 6.00. The van der Waals surface area contributed by atoms with Gasteiger partial charge in [0.15, 0.2) is 0 Å². The number of hydrogen-bond donors (Lipinski definition) is 1. The molecule has 0 aliphatic carbocycles. The lowest BCUT2D eigenvalue weighted by Crippen LogP contribution is -2.27. The van der Waals surface area contributed by atoms with E-state index in [9.17, 15) is 14.7 Å². The van der Waals surface area contributed by atoms with Gasteiger partial charge in [0.25, 0.3) is 0 Å². The second-order valence-electron chi connectivity index (χ2n) is 3.82. The van der Waals surface area contributed by atoms with Gasteiger partial charge in [-0.3, -0.25) is 9.59 Å². The third kappa shape index (κ3) is 1.48. The van der Waals surface area contributed by atoms with Crippen molar-refractivity contribution in [3.05, 3.63) is 29.8 Å². The van der Waals surface area contributed by atoms with Gasteiger partial charge in [0.05, 0.1) is 6.42 Å². The zero-order valence-electron chi connectivity index (χ0n) is 8.19. The lowest BCUT2D eigenvalue weighted by atomic mass is 9.81. The summed E-state index contributed by atoms with van der Waals surface area (Å²) in [4.78, 5) is 22.5. The van der Waals surface area contributed by atoms with Crippen molar-refractivity contribution < 1.29 is 19.4 Å². The Bertz CT molecular complexity index is 438. The van der Waals surface area contributed by atoms with Crippen LogP contribution in [0.3, 0.4) is 0 Å².